The number of benzene rings is 4. The summed E-state index contributed by atoms with van der Waals surface area (Å²) in [6.45, 7) is 0.354. The largest absolute Gasteiger partial charge is 0.489 e. The molecule has 37 heavy (non-hydrogen) atoms. The minimum atomic E-state index is -0.626. The molecule has 0 aliphatic carbocycles. The summed E-state index contributed by atoms with van der Waals surface area (Å²) in [5.74, 6) is -0.277. The fourth-order valence-corrected chi connectivity index (χ4v) is 3.87. The summed E-state index contributed by atoms with van der Waals surface area (Å²) in [5, 5.41) is 5.58. The van der Waals surface area contributed by atoms with Crippen LogP contribution >= 0.6 is 0 Å². The quantitative estimate of drug-likeness (QED) is 0.223. The number of carbonyl (C=O) groups excluding carboxylic acids is 3. The number of nitrogens with one attached hydrogen (secondary N) is 4. The van der Waals surface area contributed by atoms with Crippen molar-refractivity contribution in [1.82, 2.24) is 15.8 Å². The maximum absolute atomic E-state index is 12.4. The lowest BCUT2D eigenvalue weighted by Gasteiger charge is -2.10. The summed E-state index contributed by atoms with van der Waals surface area (Å²) in [7, 11) is 0. The normalized spacial score (nSPS) is 10.7. The van der Waals surface area contributed by atoms with Crippen molar-refractivity contribution >= 4 is 45.2 Å². The van der Waals surface area contributed by atoms with Crippen LogP contribution in [-0.4, -0.2) is 22.8 Å². The number of amides is 4. The fourth-order valence-electron chi connectivity index (χ4n) is 3.87. The van der Waals surface area contributed by atoms with E-state index in [1.807, 2.05) is 42.5 Å². The summed E-state index contributed by atoms with van der Waals surface area (Å²) >= 11 is 0. The predicted molar refractivity (Wildman–Crippen MR) is 141 cm³/mol. The SMILES string of the molecule is NC(=O)c1cc2cc(NC(=O)NNC(=O)c3ccc(COc4ccc5ccccc5c4)cc3)ccc2[nH]1. The Balaban J connectivity index is 1.12. The topological polar surface area (TPSA) is 138 Å². The van der Waals surface area contributed by atoms with Crippen molar-refractivity contribution in [2.75, 3.05) is 5.32 Å². The zero-order valence-electron chi connectivity index (χ0n) is 19.6. The molecule has 0 radical (unpaired) electrons. The number of aromatic amines is 1. The van der Waals surface area contributed by atoms with Crippen molar-refractivity contribution in [1.29, 1.82) is 0 Å². The molecular formula is C28H23N5O4. The molecule has 9 nitrogen and oxygen atoms in total. The first-order valence-corrected chi connectivity index (χ1v) is 11.4. The number of H-pyrrole nitrogens is 1. The molecule has 0 unspecified atom stereocenters. The highest BCUT2D eigenvalue weighted by Gasteiger charge is 2.10. The number of ether oxygens (including phenoxy) is 1. The molecule has 5 aromatic rings. The summed E-state index contributed by atoms with van der Waals surface area (Å²) in [6.07, 6.45) is 0. The van der Waals surface area contributed by atoms with Crippen molar-refractivity contribution in [3.05, 3.63) is 108 Å². The number of rotatable bonds is 6. The third-order valence-corrected chi connectivity index (χ3v) is 5.78. The van der Waals surface area contributed by atoms with E-state index in [2.05, 4.69) is 21.2 Å². The van der Waals surface area contributed by atoms with Crippen LogP contribution in [0, 0.1) is 0 Å². The third-order valence-electron chi connectivity index (χ3n) is 5.78. The minimum absolute atomic E-state index is 0.273. The molecule has 184 valence electrons. The van der Waals surface area contributed by atoms with Crippen LogP contribution in [0.1, 0.15) is 26.4 Å². The molecule has 0 atom stereocenters. The van der Waals surface area contributed by atoms with Gasteiger partial charge in [0, 0.05) is 22.2 Å². The van der Waals surface area contributed by atoms with Crippen molar-refractivity contribution in [3.8, 4) is 5.75 Å². The number of carbonyl (C=O) groups is 3. The van der Waals surface area contributed by atoms with Gasteiger partial charge in [0.25, 0.3) is 11.8 Å². The average molecular weight is 494 g/mol. The van der Waals surface area contributed by atoms with Crippen LogP contribution in [0.2, 0.25) is 0 Å². The lowest BCUT2D eigenvalue weighted by Crippen LogP contribution is -2.43. The van der Waals surface area contributed by atoms with E-state index in [0.29, 0.717) is 28.8 Å². The van der Waals surface area contributed by atoms with Crippen molar-refractivity contribution < 1.29 is 19.1 Å². The van der Waals surface area contributed by atoms with Gasteiger partial charge < -0.3 is 20.8 Å². The molecule has 0 aliphatic heterocycles. The van der Waals surface area contributed by atoms with Crippen LogP contribution in [0.15, 0.2) is 91.0 Å². The lowest BCUT2D eigenvalue weighted by atomic mass is 10.1. The molecule has 0 saturated heterocycles. The van der Waals surface area contributed by atoms with Crippen molar-refractivity contribution in [2.45, 2.75) is 6.61 Å². The van der Waals surface area contributed by atoms with Gasteiger partial charge >= 0.3 is 6.03 Å². The maximum atomic E-state index is 12.4. The predicted octanol–water partition coefficient (Wildman–Crippen LogP) is 4.47. The lowest BCUT2D eigenvalue weighted by molar-refractivity contribution is 0.0937. The highest BCUT2D eigenvalue weighted by molar-refractivity contribution is 6.00. The maximum Gasteiger partial charge on any atom is 0.337 e. The van der Waals surface area contributed by atoms with E-state index in [4.69, 9.17) is 10.5 Å². The van der Waals surface area contributed by atoms with E-state index in [9.17, 15) is 14.4 Å². The van der Waals surface area contributed by atoms with E-state index in [1.54, 1.807) is 48.5 Å². The molecule has 0 bridgehead atoms. The van der Waals surface area contributed by atoms with Gasteiger partial charge in [0.1, 0.15) is 18.1 Å². The summed E-state index contributed by atoms with van der Waals surface area (Å²) in [5.41, 5.74) is 12.7. The summed E-state index contributed by atoms with van der Waals surface area (Å²) in [4.78, 5) is 38.8. The van der Waals surface area contributed by atoms with E-state index in [1.165, 1.54) is 0 Å². The van der Waals surface area contributed by atoms with Gasteiger partial charge in [-0.1, -0.05) is 42.5 Å². The Labute approximate surface area is 211 Å². The van der Waals surface area contributed by atoms with E-state index >= 15 is 0 Å². The standard InChI is InChI=1S/C28H23N5O4/c29-26(34)25-15-21-13-22(10-12-24(21)31-25)30-28(36)33-32-27(35)19-7-5-17(6-8-19)16-37-23-11-9-18-3-1-2-4-20(18)14-23/h1-15,31H,16H2,(H2,29,34)(H,32,35)(H2,30,33,36). The number of nitrogens with two attached hydrogens (primary N) is 1. The Kier molecular flexibility index (Phi) is 6.41. The first kappa shape index (κ1) is 23.4. The summed E-state index contributed by atoms with van der Waals surface area (Å²) in [6, 6.07) is 26.9. The second-order valence-electron chi connectivity index (χ2n) is 8.38. The highest BCUT2D eigenvalue weighted by Crippen LogP contribution is 2.22. The monoisotopic (exact) mass is 493 g/mol. The molecule has 6 N–H and O–H groups in total. The number of fused-ring (bicyclic) bond motifs is 2. The zero-order chi connectivity index (χ0) is 25.8. The minimum Gasteiger partial charge on any atom is -0.489 e. The molecule has 5 rings (SSSR count). The second kappa shape index (κ2) is 10.1. The first-order chi connectivity index (χ1) is 17.9. The van der Waals surface area contributed by atoms with Crippen LogP contribution in [0.4, 0.5) is 10.5 Å². The molecule has 1 heterocycles. The van der Waals surface area contributed by atoms with Gasteiger partial charge in [0.15, 0.2) is 0 Å². The first-order valence-electron chi connectivity index (χ1n) is 11.4. The van der Waals surface area contributed by atoms with Gasteiger partial charge in [-0.2, -0.15) is 0 Å². The van der Waals surface area contributed by atoms with Crippen LogP contribution in [0.5, 0.6) is 5.75 Å². The van der Waals surface area contributed by atoms with E-state index < -0.39 is 17.8 Å². The Hall–Kier alpha value is -5.31. The molecule has 0 fully saturated rings. The Morgan fingerprint density at radius 2 is 1.57 bits per heavy atom. The van der Waals surface area contributed by atoms with Gasteiger partial charge in [0.05, 0.1) is 0 Å². The second-order valence-corrected chi connectivity index (χ2v) is 8.38. The number of hydrogen-bond donors (Lipinski definition) is 5. The molecule has 4 amide bonds. The smallest absolute Gasteiger partial charge is 0.337 e. The molecule has 0 saturated carbocycles. The number of anilines is 1. The fraction of sp³-hybridized carbons (Fsp3) is 0.0357. The highest BCUT2D eigenvalue weighted by atomic mass is 16.5. The van der Waals surface area contributed by atoms with Crippen LogP contribution in [0.3, 0.4) is 0 Å². The number of hydrazine groups is 1. The van der Waals surface area contributed by atoms with Gasteiger partial charge in [-0.3, -0.25) is 15.0 Å². The molecule has 0 spiro atoms. The van der Waals surface area contributed by atoms with E-state index in [0.717, 1.165) is 22.1 Å². The number of aromatic nitrogens is 1. The van der Waals surface area contributed by atoms with Gasteiger partial charge in [-0.15, -0.1) is 0 Å². The van der Waals surface area contributed by atoms with Gasteiger partial charge in [-0.25, -0.2) is 10.2 Å². The molecule has 4 aromatic carbocycles. The molecule has 1 aromatic heterocycles. The van der Waals surface area contributed by atoms with Crippen LogP contribution < -0.4 is 26.6 Å². The Morgan fingerprint density at radius 1 is 0.784 bits per heavy atom. The van der Waals surface area contributed by atoms with E-state index in [-0.39, 0.29) is 5.69 Å². The summed E-state index contributed by atoms with van der Waals surface area (Å²) < 4.78 is 5.89. The van der Waals surface area contributed by atoms with Crippen LogP contribution in [0.25, 0.3) is 21.7 Å². The number of hydrogen-bond acceptors (Lipinski definition) is 4. The van der Waals surface area contributed by atoms with Gasteiger partial charge in [0.2, 0.25) is 0 Å². The zero-order valence-corrected chi connectivity index (χ0v) is 19.6. The number of urea groups is 1. The van der Waals surface area contributed by atoms with Gasteiger partial charge in [-0.05, 0) is 64.9 Å². The Bertz CT molecular complexity index is 1630. The van der Waals surface area contributed by atoms with Crippen molar-refractivity contribution in [2.24, 2.45) is 5.73 Å². The Morgan fingerprint density at radius 3 is 2.35 bits per heavy atom. The van der Waals surface area contributed by atoms with Crippen molar-refractivity contribution in [3.63, 3.8) is 0 Å². The molecule has 9 heteroatoms. The third kappa shape index (κ3) is 5.51. The molecular weight excluding hydrogens is 470 g/mol. The van der Waals surface area contributed by atoms with Crippen LogP contribution in [-0.2, 0) is 6.61 Å². The number of primary amides is 1. The average Bonchev–Trinajstić information content (AvgIpc) is 3.35. The molecule has 0 aliphatic rings.